The predicted molar refractivity (Wildman–Crippen MR) is 71.4 cm³/mol. The first kappa shape index (κ1) is 12.6. The Bertz CT molecular complexity index is 476. The fourth-order valence-corrected chi connectivity index (χ4v) is 1.78. The lowest BCUT2D eigenvalue weighted by molar-refractivity contribution is 0.475. The van der Waals surface area contributed by atoms with Crippen LogP contribution in [0.3, 0.4) is 0 Å². The minimum Gasteiger partial charge on any atom is -0.508 e. The molecule has 0 bridgehead atoms. The van der Waals surface area contributed by atoms with Gasteiger partial charge < -0.3 is 10.4 Å². The Labute approximate surface area is 107 Å². The van der Waals surface area contributed by atoms with Crippen molar-refractivity contribution in [3.63, 3.8) is 0 Å². The SMILES string of the molecule is CCCNCc1cnn(Cc2ccc(O)cc2)c1. The van der Waals surface area contributed by atoms with Gasteiger partial charge in [-0.05, 0) is 30.7 Å². The minimum absolute atomic E-state index is 0.295. The maximum atomic E-state index is 9.22. The molecule has 0 saturated heterocycles. The molecule has 0 atom stereocenters. The van der Waals surface area contributed by atoms with Crippen LogP contribution in [0.2, 0.25) is 0 Å². The summed E-state index contributed by atoms with van der Waals surface area (Å²) in [7, 11) is 0. The van der Waals surface area contributed by atoms with Crippen LogP contribution < -0.4 is 5.32 Å². The van der Waals surface area contributed by atoms with Crippen molar-refractivity contribution in [1.82, 2.24) is 15.1 Å². The number of nitrogens with zero attached hydrogens (tertiary/aromatic N) is 2. The topological polar surface area (TPSA) is 50.1 Å². The lowest BCUT2D eigenvalue weighted by Gasteiger charge is -2.02. The summed E-state index contributed by atoms with van der Waals surface area (Å²) < 4.78 is 1.91. The van der Waals surface area contributed by atoms with Crippen molar-refractivity contribution in [2.24, 2.45) is 0 Å². The second kappa shape index (κ2) is 6.21. The number of phenols is 1. The van der Waals surface area contributed by atoms with Gasteiger partial charge in [-0.2, -0.15) is 5.10 Å². The number of aromatic hydroxyl groups is 1. The Morgan fingerprint density at radius 3 is 2.72 bits per heavy atom. The zero-order valence-electron chi connectivity index (χ0n) is 10.6. The average molecular weight is 245 g/mol. The van der Waals surface area contributed by atoms with Gasteiger partial charge in [0, 0.05) is 18.3 Å². The van der Waals surface area contributed by atoms with Crippen molar-refractivity contribution in [1.29, 1.82) is 0 Å². The summed E-state index contributed by atoms with van der Waals surface area (Å²) in [6.45, 7) is 4.78. The van der Waals surface area contributed by atoms with Gasteiger partial charge in [0.05, 0.1) is 12.7 Å². The zero-order chi connectivity index (χ0) is 12.8. The van der Waals surface area contributed by atoms with E-state index in [-0.39, 0.29) is 0 Å². The van der Waals surface area contributed by atoms with Crippen molar-refractivity contribution in [2.75, 3.05) is 6.54 Å². The number of hydrogen-bond donors (Lipinski definition) is 2. The number of phenolic OH excluding ortho intramolecular Hbond substituents is 1. The van der Waals surface area contributed by atoms with Gasteiger partial charge in [-0.3, -0.25) is 4.68 Å². The molecule has 0 amide bonds. The Hall–Kier alpha value is -1.81. The van der Waals surface area contributed by atoms with E-state index in [0.717, 1.165) is 31.6 Å². The summed E-state index contributed by atoms with van der Waals surface area (Å²) in [4.78, 5) is 0. The quantitative estimate of drug-likeness (QED) is 0.767. The van der Waals surface area contributed by atoms with Crippen LogP contribution in [0.15, 0.2) is 36.7 Å². The molecule has 0 aliphatic rings. The lowest BCUT2D eigenvalue weighted by atomic mass is 10.2. The number of nitrogens with one attached hydrogen (secondary N) is 1. The van der Waals surface area contributed by atoms with E-state index in [9.17, 15) is 5.11 Å². The van der Waals surface area contributed by atoms with Gasteiger partial charge in [0.15, 0.2) is 0 Å². The van der Waals surface area contributed by atoms with Crippen LogP contribution in [0, 0.1) is 0 Å². The molecule has 0 spiro atoms. The Morgan fingerprint density at radius 2 is 2.00 bits per heavy atom. The monoisotopic (exact) mass is 245 g/mol. The van der Waals surface area contributed by atoms with Gasteiger partial charge in [-0.15, -0.1) is 0 Å². The maximum absolute atomic E-state index is 9.22. The number of aromatic nitrogens is 2. The molecule has 1 heterocycles. The summed E-state index contributed by atoms with van der Waals surface area (Å²) in [5.41, 5.74) is 2.33. The number of rotatable bonds is 6. The summed E-state index contributed by atoms with van der Waals surface area (Å²) >= 11 is 0. The van der Waals surface area contributed by atoms with Crippen molar-refractivity contribution < 1.29 is 5.11 Å². The Morgan fingerprint density at radius 1 is 1.22 bits per heavy atom. The van der Waals surface area contributed by atoms with Gasteiger partial charge in [0.2, 0.25) is 0 Å². The fourth-order valence-electron chi connectivity index (χ4n) is 1.78. The van der Waals surface area contributed by atoms with Gasteiger partial charge in [-0.25, -0.2) is 0 Å². The van der Waals surface area contributed by atoms with Crippen molar-refractivity contribution in [3.05, 3.63) is 47.8 Å². The van der Waals surface area contributed by atoms with Crippen LogP contribution in [-0.4, -0.2) is 21.4 Å². The highest BCUT2D eigenvalue weighted by molar-refractivity contribution is 5.26. The Kier molecular flexibility index (Phi) is 4.36. The average Bonchev–Trinajstić information content (AvgIpc) is 2.80. The first-order valence-corrected chi connectivity index (χ1v) is 6.28. The largest absolute Gasteiger partial charge is 0.508 e. The maximum Gasteiger partial charge on any atom is 0.115 e. The Balaban J connectivity index is 1.91. The van der Waals surface area contributed by atoms with E-state index in [1.54, 1.807) is 12.1 Å². The minimum atomic E-state index is 0.295. The summed E-state index contributed by atoms with van der Waals surface area (Å²) in [6, 6.07) is 7.21. The molecule has 1 aromatic heterocycles. The third kappa shape index (κ3) is 3.60. The van der Waals surface area contributed by atoms with Gasteiger partial charge in [0.25, 0.3) is 0 Å². The molecular weight excluding hydrogens is 226 g/mol. The normalized spacial score (nSPS) is 10.7. The van der Waals surface area contributed by atoms with Crippen LogP contribution in [0.25, 0.3) is 0 Å². The molecule has 0 unspecified atom stereocenters. The molecular formula is C14H19N3O. The van der Waals surface area contributed by atoms with E-state index >= 15 is 0 Å². The highest BCUT2D eigenvalue weighted by Gasteiger charge is 1.99. The van der Waals surface area contributed by atoms with E-state index in [0.29, 0.717) is 5.75 Å². The third-order valence-electron chi connectivity index (χ3n) is 2.72. The molecule has 2 aromatic rings. The molecule has 18 heavy (non-hydrogen) atoms. The van der Waals surface area contributed by atoms with Crippen LogP contribution in [-0.2, 0) is 13.1 Å². The van der Waals surface area contributed by atoms with Gasteiger partial charge >= 0.3 is 0 Å². The van der Waals surface area contributed by atoms with Crippen molar-refractivity contribution >= 4 is 0 Å². The van der Waals surface area contributed by atoms with Crippen LogP contribution >= 0.6 is 0 Å². The third-order valence-corrected chi connectivity index (χ3v) is 2.72. The van der Waals surface area contributed by atoms with Crippen molar-refractivity contribution in [2.45, 2.75) is 26.4 Å². The summed E-state index contributed by atoms with van der Waals surface area (Å²) in [6.07, 6.45) is 5.08. The van der Waals surface area contributed by atoms with E-state index in [1.165, 1.54) is 5.56 Å². The van der Waals surface area contributed by atoms with Crippen LogP contribution in [0.5, 0.6) is 5.75 Å². The summed E-state index contributed by atoms with van der Waals surface area (Å²) in [5, 5.41) is 16.9. The van der Waals surface area contributed by atoms with E-state index < -0.39 is 0 Å². The smallest absolute Gasteiger partial charge is 0.115 e. The second-order valence-electron chi connectivity index (χ2n) is 4.39. The second-order valence-corrected chi connectivity index (χ2v) is 4.39. The standard InChI is InChI=1S/C14H19N3O/c1-2-7-15-8-13-9-16-17(11-13)10-12-3-5-14(18)6-4-12/h3-6,9,11,15,18H,2,7-8,10H2,1H3. The molecule has 0 aliphatic heterocycles. The molecule has 1 aromatic carbocycles. The van der Waals surface area contributed by atoms with Crippen LogP contribution in [0.4, 0.5) is 0 Å². The molecule has 0 fully saturated rings. The highest BCUT2D eigenvalue weighted by Crippen LogP contribution is 2.10. The molecule has 2 N–H and O–H groups in total. The van der Waals surface area contributed by atoms with E-state index in [4.69, 9.17) is 0 Å². The molecule has 0 aliphatic carbocycles. The van der Waals surface area contributed by atoms with Crippen molar-refractivity contribution in [3.8, 4) is 5.75 Å². The molecule has 2 rings (SSSR count). The fraction of sp³-hybridized carbons (Fsp3) is 0.357. The predicted octanol–water partition coefficient (Wildman–Crippen LogP) is 2.14. The van der Waals surface area contributed by atoms with E-state index in [2.05, 4.69) is 23.5 Å². The number of benzene rings is 1. The first-order valence-electron chi connectivity index (χ1n) is 6.28. The van der Waals surface area contributed by atoms with Gasteiger partial charge in [-0.1, -0.05) is 19.1 Å². The highest BCUT2D eigenvalue weighted by atomic mass is 16.3. The molecule has 4 heteroatoms. The summed E-state index contributed by atoms with van der Waals surface area (Å²) in [5.74, 6) is 0.295. The van der Waals surface area contributed by atoms with Gasteiger partial charge in [0.1, 0.15) is 5.75 Å². The van der Waals surface area contributed by atoms with E-state index in [1.807, 2.05) is 23.0 Å². The molecule has 0 saturated carbocycles. The molecule has 96 valence electrons. The molecule has 0 radical (unpaired) electrons. The van der Waals surface area contributed by atoms with Crippen LogP contribution in [0.1, 0.15) is 24.5 Å². The molecule has 4 nitrogen and oxygen atoms in total. The zero-order valence-corrected chi connectivity index (χ0v) is 10.6. The first-order chi connectivity index (χ1) is 8.78. The lowest BCUT2D eigenvalue weighted by Crippen LogP contribution is -2.13. The number of hydrogen-bond acceptors (Lipinski definition) is 3.